The molecule has 0 radical (unpaired) electrons. The Bertz CT molecular complexity index is 871. The van der Waals surface area contributed by atoms with Crippen molar-refractivity contribution in [1.29, 1.82) is 0 Å². The highest BCUT2D eigenvalue weighted by atomic mass is 35.5. The molecule has 2 aliphatic rings. The molecule has 1 N–H and O–H groups in total. The molecule has 2 aromatic rings. The summed E-state index contributed by atoms with van der Waals surface area (Å²) in [4.78, 5) is 2.15. The van der Waals surface area contributed by atoms with Crippen molar-refractivity contribution in [2.45, 2.75) is 32.4 Å². The minimum atomic E-state index is 0.195. The molecule has 0 amide bonds. The third kappa shape index (κ3) is 4.51. The van der Waals surface area contributed by atoms with Gasteiger partial charge in [-0.2, -0.15) is 0 Å². The number of nitrogens with zero attached hydrogens (tertiary/aromatic N) is 1. The van der Waals surface area contributed by atoms with E-state index in [2.05, 4.69) is 10.2 Å². The van der Waals surface area contributed by atoms with Gasteiger partial charge in [-0.25, -0.2) is 0 Å². The molecule has 7 heteroatoms. The van der Waals surface area contributed by atoms with Crippen LogP contribution in [-0.2, 0) is 11.3 Å². The summed E-state index contributed by atoms with van der Waals surface area (Å²) in [5.41, 5.74) is 3.12. The van der Waals surface area contributed by atoms with E-state index < -0.39 is 0 Å². The molecule has 148 valence electrons. The van der Waals surface area contributed by atoms with E-state index in [1.807, 2.05) is 43.3 Å². The van der Waals surface area contributed by atoms with Crippen molar-refractivity contribution in [2.75, 3.05) is 25.3 Å². The Hall–Kier alpha value is -2.02. The summed E-state index contributed by atoms with van der Waals surface area (Å²) in [6.45, 7) is 4.51. The molecular weight excluding hydrogens is 396 g/mol. The maximum absolute atomic E-state index is 6.07. The Balaban J connectivity index is 1.51. The standard InChI is InChI=1S/C21H23ClN2O3S/c1-14-9-16(22)5-6-18(14)23-21(28)24(12-17-3-2-8-25-17)11-15-4-7-19-20(10-15)27-13-26-19/h4-7,9-10,17H,2-3,8,11-13H2,1H3,(H,23,28)/t17-/m1/s1. The van der Waals surface area contributed by atoms with Gasteiger partial charge in [0.1, 0.15) is 0 Å². The molecule has 2 aromatic carbocycles. The third-order valence-corrected chi connectivity index (χ3v) is 5.57. The van der Waals surface area contributed by atoms with Crippen LogP contribution in [0.3, 0.4) is 0 Å². The molecule has 1 atom stereocenters. The zero-order chi connectivity index (χ0) is 19.5. The maximum atomic E-state index is 6.07. The Morgan fingerprint density at radius 1 is 1.21 bits per heavy atom. The van der Waals surface area contributed by atoms with E-state index in [0.717, 1.165) is 54.3 Å². The molecule has 2 heterocycles. The number of hydrogen-bond donors (Lipinski definition) is 1. The van der Waals surface area contributed by atoms with Gasteiger partial charge in [-0.1, -0.05) is 17.7 Å². The molecular formula is C21H23ClN2O3S. The Morgan fingerprint density at radius 3 is 2.86 bits per heavy atom. The summed E-state index contributed by atoms with van der Waals surface area (Å²) in [6, 6.07) is 11.8. The number of hydrogen-bond acceptors (Lipinski definition) is 4. The monoisotopic (exact) mass is 418 g/mol. The number of nitrogens with one attached hydrogen (secondary N) is 1. The fourth-order valence-corrected chi connectivity index (χ4v) is 3.95. The molecule has 0 aliphatic carbocycles. The number of fused-ring (bicyclic) bond motifs is 1. The first-order chi connectivity index (χ1) is 13.6. The maximum Gasteiger partial charge on any atom is 0.231 e. The van der Waals surface area contributed by atoms with Gasteiger partial charge in [0.2, 0.25) is 6.79 Å². The van der Waals surface area contributed by atoms with E-state index in [1.54, 1.807) is 0 Å². The summed E-state index contributed by atoms with van der Waals surface area (Å²) in [5, 5.41) is 4.75. The number of benzene rings is 2. The van der Waals surface area contributed by atoms with Crippen LogP contribution in [0.1, 0.15) is 24.0 Å². The van der Waals surface area contributed by atoms with Crippen molar-refractivity contribution < 1.29 is 14.2 Å². The minimum Gasteiger partial charge on any atom is -0.454 e. The number of anilines is 1. The molecule has 28 heavy (non-hydrogen) atoms. The van der Waals surface area contributed by atoms with Crippen molar-refractivity contribution in [3.63, 3.8) is 0 Å². The minimum absolute atomic E-state index is 0.195. The van der Waals surface area contributed by atoms with Gasteiger partial charge in [-0.05, 0) is 73.4 Å². The highest BCUT2D eigenvalue weighted by Crippen LogP contribution is 2.33. The number of halogens is 1. The number of aryl methyl sites for hydroxylation is 1. The fraction of sp³-hybridized carbons (Fsp3) is 0.381. The Kier molecular flexibility index (Phi) is 5.90. The molecule has 0 spiro atoms. The quantitative estimate of drug-likeness (QED) is 0.706. The highest BCUT2D eigenvalue weighted by Gasteiger charge is 2.22. The molecule has 2 aliphatic heterocycles. The predicted octanol–water partition coefficient (Wildman–Crippen LogP) is 4.76. The van der Waals surface area contributed by atoms with Crippen molar-refractivity contribution in [1.82, 2.24) is 4.90 Å². The van der Waals surface area contributed by atoms with Gasteiger partial charge in [0.25, 0.3) is 0 Å². The summed E-state index contributed by atoms with van der Waals surface area (Å²) in [6.07, 6.45) is 2.35. The normalized spacial score (nSPS) is 17.6. The molecule has 0 saturated carbocycles. The first kappa shape index (κ1) is 19.3. The summed E-state index contributed by atoms with van der Waals surface area (Å²) in [7, 11) is 0. The molecule has 5 nitrogen and oxygen atoms in total. The number of thiocarbonyl (C=S) groups is 1. The lowest BCUT2D eigenvalue weighted by Crippen LogP contribution is -2.39. The molecule has 1 saturated heterocycles. The van der Waals surface area contributed by atoms with Gasteiger partial charge in [0.15, 0.2) is 16.6 Å². The van der Waals surface area contributed by atoms with Crippen LogP contribution >= 0.6 is 23.8 Å². The van der Waals surface area contributed by atoms with Gasteiger partial charge in [-0.15, -0.1) is 0 Å². The van der Waals surface area contributed by atoms with Gasteiger partial charge >= 0.3 is 0 Å². The molecule has 0 bridgehead atoms. The van der Waals surface area contributed by atoms with E-state index in [4.69, 9.17) is 38.0 Å². The van der Waals surface area contributed by atoms with Crippen LogP contribution in [0.25, 0.3) is 0 Å². The smallest absolute Gasteiger partial charge is 0.231 e. The van der Waals surface area contributed by atoms with Gasteiger partial charge in [-0.3, -0.25) is 0 Å². The fourth-order valence-electron chi connectivity index (χ4n) is 3.47. The molecule has 0 unspecified atom stereocenters. The highest BCUT2D eigenvalue weighted by molar-refractivity contribution is 7.80. The Morgan fingerprint density at radius 2 is 2.07 bits per heavy atom. The average molecular weight is 419 g/mol. The second-order valence-electron chi connectivity index (χ2n) is 7.09. The van der Waals surface area contributed by atoms with Crippen molar-refractivity contribution >= 4 is 34.6 Å². The topological polar surface area (TPSA) is 43.0 Å². The predicted molar refractivity (Wildman–Crippen MR) is 114 cm³/mol. The lowest BCUT2D eigenvalue weighted by molar-refractivity contribution is 0.0905. The van der Waals surface area contributed by atoms with E-state index in [9.17, 15) is 0 Å². The third-order valence-electron chi connectivity index (χ3n) is 4.98. The second-order valence-corrected chi connectivity index (χ2v) is 7.92. The largest absolute Gasteiger partial charge is 0.454 e. The summed E-state index contributed by atoms with van der Waals surface area (Å²) < 4.78 is 16.8. The Labute approximate surface area is 175 Å². The van der Waals surface area contributed by atoms with Gasteiger partial charge in [0.05, 0.1) is 6.10 Å². The molecule has 1 fully saturated rings. The lowest BCUT2D eigenvalue weighted by Gasteiger charge is -2.29. The second kappa shape index (κ2) is 8.55. The van der Waals surface area contributed by atoms with E-state index in [0.29, 0.717) is 16.7 Å². The van der Waals surface area contributed by atoms with Crippen molar-refractivity contribution in [2.24, 2.45) is 0 Å². The van der Waals surface area contributed by atoms with Gasteiger partial charge in [0, 0.05) is 30.4 Å². The van der Waals surface area contributed by atoms with E-state index in [-0.39, 0.29) is 12.9 Å². The van der Waals surface area contributed by atoms with Crippen LogP contribution in [0.2, 0.25) is 5.02 Å². The lowest BCUT2D eigenvalue weighted by atomic mass is 10.1. The zero-order valence-corrected chi connectivity index (χ0v) is 17.3. The number of ether oxygens (including phenoxy) is 3. The van der Waals surface area contributed by atoms with Crippen LogP contribution in [0, 0.1) is 6.92 Å². The first-order valence-corrected chi connectivity index (χ1v) is 10.2. The van der Waals surface area contributed by atoms with Crippen molar-refractivity contribution in [3.05, 3.63) is 52.5 Å². The van der Waals surface area contributed by atoms with Crippen LogP contribution in [0.15, 0.2) is 36.4 Å². The number of rotatable bonds is 5. The summed E-state index contributed by atoms with van der Waals surface area (Å²) >= 11 is 11.8. The SMILES string of the molecule is Cc1cc(Cl)ccc1NC(=S)N(Cc1ccc2c(c1)OCO2)C[C@H]1CCCO1. The van der Waals surface area contributed by atoms with Crippen LogP contribution in [0.5, 0.6) is 11.5 Å². The van der Waals surface area contributed by atoms with E-state index >= 15 is 0 Å². The first-order valence-electron chi connectivity index (χ1n) is 9.41. The van der Waals surface area contributed by atoms with Crippen LogP contribution < -0.4 is 14.8 Å². The van der Waals surface area contributed by atoms with Crippen LogP contribution in [0.4, 0.5) is 5.69 Å². The average Bonchev–Trinajstić information content (AvgIpc) is 3.34. The van der Waals surface area contributed by atoms with Gasteiger partial charge < -0.3 is 24.4 Å². The zero-order valence-electron chi connectivity index (χ0n) is 15.7. The van der Waals surface area contributed by atoms with Crippen LogP contribution in [-0.4, -0.2) is 36.1 Å². The van der Waals surface area contributed by atoms with Crippen molar-refractivity contribution in [3.8, 4) is 11.5 Å². The molecule has 4 rings (SSSR count). The summed E-state index contributed by atoms with van der Waals surface area (Å²) in [5.74, 6) is 1.56. The molecule has 0 aromatic heterocycles. The van der Waals surface area contributed by atoms with E-state index in [1.165, 1.54) is 0 Å².